The molecule has 26 heavy (non-hydrogen) atoms. The molecule has 138 valence electrons. The minimum absolute atomic E-state index is 0.251. The molecule has 5 heteroatoms. The van der Waals surface area contributed by atoms with Gasteiger partial charge in [-0.15, -0.1) is 11.6 Å². The predicted octanol–water partition coefficient (Wildman–Crippen LogP) is 5.63. The van der Waals surface area contributed by atoms with E-state index in [1.165, 1.54) is 21.7 Å². The molecule has 1 unspecified atom stereocenters. The van der Waals surface area contributed by atoms with Crippen molar-refractivity contribution in [2.75, 3.05) is 36.8 Å². The van der Waals surface area contributed by atoms with Gasteiger partial charge in [0.05, 0.1) is 12.0 Å². The lowest BCUT2D eigenvalue weighted by atomic mass is 10.1. The quantitative estimate of drug-likeness (QED) is 0.491. The first-order valence-electron chi connectivity index (χ1n) is 8.79. The van der Waals surface area contributed by atoms with Crippen LogP contribution in [0.3, 0.4) is 0 Å². The van der Waals surface area contributed by atoms with Crippen molar-refractivity contribution in [2.45, 2.75) is 23.6 Å². The van der Waals surface area contributed by atoms with Crippen LogP contribution < -0.4 is 15.0 Å². The topological polar surface area (TPSA) is 24.5 Å². The van der Waals surface area contributed by atoms with E-state index >= 15 is 0 Å². The number of nitrogens with one attached hydrogen (secondary N) is 1. The molecule has 0 saturated heterocycles. The van der Waals surface area contributed by atoms with E-state index in [0.717, 1.165) is 17.9 Å². The summed E-state index contributed by atoms with van der Waals surface area (Å²) in [5.74, 6) is 1.50. The van der Waals surface area contributed by atoms with Gasteiger partial charge < -0.3 is 15.0 Å². The normalized spacial score (nSPS) is 15.8. The molecular weight excluding hydrogens is 364 g/mol. The molecule has 0 aromatic heterocycles. The molecule has 0 radical (unpaired) electrons. The fraction of sp³-hybridized carbons (Fsp3) is 0.333. The minimum Gasteiger partial charge on any atom is -0.493 e. The zero-order valence-electron chi connectivity index (χ0n) is 15.5. The lowest BCUT2D eigenvalue weighted by Gasteiger charge is -2.18. The minimum atomic E-state index is 0.251. The number of rotatable bonds is 7. The second kappa shape index (κ2) is 8.74. The zero-order chi connectivity index (χ0) is 18.5. The molecule has 1 heterocycles. The van der Waals surface area contributed by atoms with Gasteiger partial charge in [-0.3, -0.25) is 0 Å². The lowest BCUT2D eigenvalue weighted by molar-refractivity contribution is 0.318. The van der Waals surface area contributed by atoms with E-state index in [-0.39, 0.29) is 5.37 Å². The van der Waals surface area contributed by atoms with Gasteiger partial charge in [-0.2, -0.15) is 0 Å². The molecule has 3 nitrogen and oxygen atoms in total. The van der Waals surface area contributed by atoms with E-state index in [9.17, 15) is 0 Å². The van der Waals surface area contributed by atoms with E-state index in [4.69, 9.17) is 16.3 Å². The predicted molar refractivity (Wildman–Crippen MR) is 115 cm³/mol. The second-order valence-corrected chi connectivity index (χ2v) is 8.11. The Morgan fingerprint density at radius 3 is 2.85 bits per heavy atom. The van der Waals surface area contributed by atoms with Gasteiger partial charge in [-0.05, 0) is 48.7 Å². The molecule has 1 atom stereocenters. The highest BCUT2D eigenvalue weighted by molar-refractivity contribution is 8.00. The van der Waals surface area contributed by atoms with Crippen molar-refractivity contribution in [1.29, 1.82) is 0 Å². The number of alkyl halides is 1. The van der Waals surface area contributed by atoms with E-state index in [1.54, 1.807) is 0 Å². The summed E-state index contributed by atoms with van der Waals surface area (Å²) in [6.45, 7) is 2.77. The summed E-state index contributed by atoms with van der Waals surface area (Å²) in [6, 6.07) is 12.8. The Morgan fingerprint density at radius 1 is 1.23 bits per heavy atom. The molecule has 0 bridgehead atoms. The molecule has 2 aromatic rings. The van der Waals surface area contributed by atoms with Crippen molar-refractivity contribution >= 4 is 40.8 Å². The fourth-order valence-corrected chi connectivity index (χ4v) is 3.96. The summed E-state index contributed by atoms with van der Waals surface area (Å²) in [4.78, 5) is 3.42. The highest BCUT2D eigenvalue weighted by Crippen LogP contribution is 2.39. The summed E-state index contributed by atoms with van der Waals surface area (Å²) < 4.78 is 5.77. The molecule has 1 aliphatic heterocycles. The van der Waals surface area contributed by atoms with Crippen LogP contribution in [0.15, 0.2) is 47.4 Å². The van der Waals surface area contributed by atoms with Crippen LogP contribution in [0.1, 0.15) is 17.5 Å². The highest BCUT2D eigenvalue weighted by Gasteiger charge is 2.18. The van der Waals surface area contributed by atoms with Gasteiger partial charge in [0.15, 0.2) is 0 Å². The summed E-state index contributed by atoms with van der Waals surface area (Å²) >= 11 is 7.56. The molecule has 1 aliphatic rings. The van der Waals surface area contributed by atoms with Crippen LogP contribution in [0, 0.1) is 6.92 Å². The molecule has 3 rings (SSSR count). The largest absolute Gasteiger partial charge is 0.493 e. The zero-order valence-corrected chi connectivity index (χ0v) is 17.0. The van der Waals surface area contributed by atoms with Gasteiger partial charge in [-0.1, -0.05) is 30.0 Å². The first-order valence-corrected chi connectivity index (χ1v) is 10.2. The summed E-state index contributed by atoms with van der Waals surface area (Å²) in [5.41, 5.74) is 4.82. The van der Waals surface area contributed by atoms with Crippen LogP contribution in [-0.4, -0.2) is 32.0 Å². The fourth-order valence-electron chi connectivity index (χ4n) is 2.84. The monoisotopic (exact) mass is 388 g/mol. The number of ether oxygens (including phenoxy) is 1. The maximum Gasteiger partial charge on any atom is 0.121 e. The smallest absolute Gasteiger partial charge is 0.121 e. The third-order valence-electron chi connectivity index (χ3n) is 4.17. The van der Waals surface area contributed by atoms with Gasteiger partial charge >= 0.3 is 0 Å². The van der Waals surface area contributed by atoms with Crippen molar-refractivity contribution in [2.24, 2.45) is 0 Å². The Hall–Kier alpha value is -1.78. The molecule has 0 spiro atoms. The summed E-state index contributed by atoms with van der Waals surface area (Å²) in [7, 11) is 4.10. The van der Waals surface area contributed by atoms with Crippen LogP contribution in [0.4, 0.5) is 11.4 Å². The average Bonchev–Trinajstić information content (AvgIpc) is 3.02. The molecular formula is C21H25ClN2OS. The number of benzene rings is 2. The van der Waals surface area contributed by atoms with Crippen LogP contribution in [0.5, 0.6) is 5.75 Å². The van der Waals surface area contributed by atoms with E-state index in [0.29, 0.717) is 12.5 Å². The number of thioether (sulfide) groups is 1. The summed E-state index contributed by atoms with van der Waals surface area (Å²) in [5, 5.41) is 3.82. The Morgan fingerprint density at radius 2 is 2.08 bits per heavy atom. The molecule has 2 aromatic carbocycles. The number of aryl methyl sites for hydroxylation is 1. The molecule has 0 fully saturated rings. The average molecular weight is 389 g/mol. The Labute approximate surface area is 165 Å². The first-order chi connectivity index (χ1) is 12.6. The van der Waals surface area contributed by atoms with Crippen molar-refractivity contribution in [1.82, 2.24) is 0 Å². The Kier molecular flexibility index (Phi) is 6.38. The van der Waals surface area contributed by atoms with Gasteiger partial charge in [0.2, 0.25) is 0 Å². The maximum atomic E-state index is 5.77. The SMILES string of the molecule is Cc1ccc2c(c1)NC(C=Cc1ccc(OCCCCl)cc1N(C)C)S2. The molecule has 0 saturated carbocycles. The van der Waals surface area contributed by atoms with Gasteiger partial charge in [0, 0.05) is 42.3 Å². The van der Waals surface area contributed by atoms with Crippen LogP contribution in [-0.2, 0) is 0 Å². The third-order valence-corrected chi connectivity index (χ3v) is 5.57. The maximum absolute atomic E-state index is 5.77. The number of halogens is 1. The third kappa shape index (κ3) is 4.68. The molecule has 0 aliphatic carbocycles. The lowest BCUT2D eigenvalue weighted by Crippen LogP contribution is -2.11. The van der Waals surface area contributed by atoms with Crippen LogP contribution >= 0.6 is 23.4 Å². The summed E-state index contributed by atoms with van der Waals surface area (Å²) in [6.07, 6.45) is 5.25. The van der Waals surface area contributed by atoms with Gasteiger partial charge in [-0.25, -0.2) is 0 Å². The van der Waals surface area contributed by atoms with Gasteiger partial charge in [0.25, 0.3) is 0 Å². The van der Waals surface area contributed by atoms with Crippen molar-refractivity contribution in [3.8, 4) is 5.75 Å². The first kappa shape index (κ1) is 19.0. The molecule has 0 amide bonds. The number of hydrogen-bond donors (Lipinski definition) is 1. The van der Waals surface area contributed by atoms with E-state index in [1.807, 2.05) is 17.8 Å². The van der Waals surface area contributed by atoms with E-state index in [2.05, 4.69) is 73.7 Å². The number of nitrogens with zero attached hydrogens (tertiary/aromatic N) is 1. The van der Waals surface area contributed by atoms with E-state index < -0.39 is 0 Å². The van der Waals surface area contributed by atoms with Crippen LogP contribution in [0.2, 0.25) is 0 Å². The molecule has 1 N–H and O–H groups in total. The van der Waals surface area contributed by atoms with Crippen molar-refractivity contribution < 1.29 is 4.74 Å². The van der Waals surface area contributed by atoms with Crippen molar-refractivity contribution in [3.05, 3.63) is 53.6 Å². The number of anilines is 2. The Balaban J connectivity index is 1.72. The number of hydrogen-bond acceptors (Lipinski definition) is 4. The second-order valence-electron chi connectivity index (χ2n) is 6.55. The number of fused-ring (bicyclic) bond motifs is 1. The van der Waals surface area contributed by atoms with Gasteiger partial charge in [0.1, 0.15) is 5.75 Å². The van der Waals surface area contributed by atoms with Crippen LogP contribution in [0.25, 0.3) is 6.08 Å². The van der Waals surface area contributed by atoms with Crippen molar-refractivity contribution in [3.63, 3.8) is 0 Å². The standard InChI is InChI=1S/C21H25ClN2OS/c1-15-5-9-20-18(13-15)23-21(26-20)10-7-16-6-8-17(25-12-4-11-22)14-19(16)24(2)3/h5-10,13-14,21,23H,4,11-12H2,1-3H3. The highest BCUT2D eigenvalue weighted by atomic mass is 35.5. The Bertz CT molecular complexity index is 792.